The van der Waals surface area contributed by atoms with Gasteiger partial charge in [-0.15, -0.1) is 0 Å². The normalized spacial score (nSPS) is 11.9. The summed E-state index contributed by atoms with van der Waals surface area (Å²) >= 11 is 0. The largest absolute Gasteiger partial charge is 0.369 e. The fraction of sp³-hybridized carbons (Fsp3) is 0.0435. The van der Waals surface area contributed by atoms with Crippen molar-refractivity contribution in [1.82, 2.24) is 10.4 Å². The number of sulfonamides is 1. The van der Waals surface area contributed by atoms with Gasteiger partial charge in [0.05, 0.1) is 10.6 Å². The number of hydrogen-bond acceptors (Lipinski definition) is 4. The van der Waals surface area contributed by atoms with Gasteiger partial charge in [0.1, 0.15) is 0 Å². The van der Waals surface area contributed by atoms with E-state index in [1.54, 1.807) is 48.5 Å². The lowest BCUT2D eigenvalue weighted by atomic mass is 10.0. The molecule has 0 saturated heterocycles. The lowest BCUT2D eigenvalue weighted by Gasteiger charge is -2.10. The first-order chi connectivity index (χ1) is 15.4. The number of fused-ring (bicyclic) bond motifs is 1. The molecule has 8 nitrogen and oxygen atoms in total. The van der Waals surface area contributed by atoms with Gasteiger partial charge in [0.2, 0.25) is 5.96 Å². The third-order valence-corrected chi connectivity index (χ3v) is 6.22. The van der Waals surface area contributed by atoms with Crippen LogP contribution < -0.4 is 15.9 Å². The molecule has 0 aliphatic heterocycles. The van der Waals surface area contributed by atoms with Crippen LogP contribution in [0.15, 0.2) is 95.1 Å². The second-order valence-corrected chi connectivity index (χ2v) is 8.81. The number of nitrogens with zero attached hydrogens (tertiary/aromatic N) is 1. The monoisotopic (exact) mass is 446 g/mol. The molecule has 6 N–H and O–H groups in total. The Bertz CT molecular complexity index is 1380. The number of hydrazone groups is 1. The molecule has 0 fully saturated rings. The first kappa shape index (κ1) is 21.1. The highest BCUT2D eigenvalue weighted by atomic mass is 32.2. The predicted molar refractivity (Wildman–Crippen MR) is 127 cm³/mol. The Morgan fingerprint density at radius 2 is 1.69 bits per heavy atom. The smallest absolute Gasteiger partial charge is 0.261 e. The molecule has 4 rings (SSSR count). The second kappa shape index (κ2) is 8.94. The number of guanidine groups is 1. The van der Waals surface area contributed by atoms with Crippen molar-refractivity contribution in [2.75, 3.05) is 4.72 Å². The molecular weight excluding hydrogens is 424 g/mol. The highest BCUT2D eigenvalue weighted by Crippen LogP contribution is 2.25. The second-order valence-electron chi connectivity index (χ2n) is 7.13. The van der Waals surface area contributed by atoms with Crippen LogP contribution in [-0.2, 0) is 16.4 Å². The standard InChI is InChI=1S/C23H22N6O2S/c24-23(25)28-27-22(13-16-7-3-1-4-8-16)20-15-26-21-12-11-17(14-19(20)21)29-32(30,31)18-9-5-2-6-10-18/h1-12,14-15,26,29H,13H2,(H4,24,25,28)/b27-22+. The average Bonchev–Trinajstić information content (AvgIpc) is 3.21. The number of anilines is 1. The van der Waals surface area contributed by atoms with Gasteiger partial charge in [-0.2, -0.15) is 5.10 Å². The van der Waals surface area contributed by atoms with Crippen molar-refractivity contribution in [3.63, 3.8) is 0 Å². The molecule has 4 aromatic rings. The molecule has 0 atom stereocenters. The van der Waals surface area contributed by atoms with Crippen LogP contribution in [0.25, 0.3) is 10.9 Å². The van der Waals surface area contributed by atoms with E-state index in [4.69, 9.17) is 11.1 Å². The first-order valence-corrected chi connectivity index (χ1v) is 11.3. The zero-order valence-corrected chi connectivity index (χ0v) is 17.9. The number of nitrogens with one attached hydrogen (secondary N) is 4. The maximum absolute atomic E-state index is 12.7. The molecule has 9 heteroatoms. The minimum Gasteiger partial charge on any atom is -0.369 e. The lowest BCUT2D eigenvalue weighted by molar-refractivity contribution is 0.601. The molecule has 162 valence electrons. The number of benzene rings is 3. The lowest BCUT2D eigenvalue weighted by Crippen LogP contribution is -2.27. The number of aromatic amines is 1. The zero-order chi connectivity index (χ0) is 22.6. The van der Waals surface area contributed by atoms with Gasteiger partial charge >= 0.3 is 0 Å². The highest BCUT2D eigenvalue weighted by Gasteiger charge is 2.16. The quantitative estimate of drug-likeness (QED) is 0.169. The van der Waals surface area contributed by atoms with Crippen molar-refractivity contribution in [3.8, 4) is 0 Å². The van der Waals surface area contributed by atoms with Gasteiger partial charge in [-0.25, -0.2) is 13.8 Å². The maximum atomic E-state index is 12.7. The van der Waals surface area contributed by atoms with Crippen molar-refractivity contribution in [2.45, 2.75) is 11.3 Å². The summed E-state index contributed by atoms with van der Waals surface area (Å²) < 4.78 is 28.1. The molecule has 0 aliphatic rings. The third kappa shape index (κ3) is 4.79. The molecule has 3 aromatic carbocycles. The van der Waals surface area contributed by atoms with E-state index in [0.717, 1.165) is 22.0 Å². The van der Waals surface area contributed by atoms with Crippen molar-refractivity contribution in [3.05, 3.63) is 96.2 Å². The van der Waals surface area contributed by atoms with Crippen LogP contribution in [0.4, 0.5) is 5.69 Å². The van der Waals surface area contributed by atoms with Crippen LogP contribution in [0.3, 0.4) is 0 Å². The van der Waals surface area contributed by atoms with E-state index in [1.807, 2.05) is 36.5 Å². The minimum absolute atomic E-state index is 0.186. The molecule has 0 amide bonds. The number of aromatic nitrogens is 1. The summed E-state index contributed by atoms with van der Waals surface area (Å²) in [6.45, 7) is 0. The SMILES string of the molecule is N=C(N)N/N=C(\Cc1ccccc1)c1c[nH]c2ccc(NS(=O)(=O)c3ccccc3)cc12. The van der Waals surface area contributed by atoms with E-state index in [0.29, 0.717) is 17.8 Å². The van der Waals surface area contributed by atoms with E-state index < -0.39 is 10.0 Å². The fourth-order valence-electron chi connectivity index (χ4n) is 3.35. The van der Waals surface area contributed by atoms with Crippen LogP contribution in [0.1, 0.15) is 11.1 Å². The van der Waals surface area contributed by atoms with Gasteiger partial charge < -0.3 is 10.7 Å². The zero-order valence-electron chi connectivity index (χ0n) is 17.0. The van der Waals surface area contributed by atoms with Crippen LogP contribution in [0.2, 0.25) is 0 Å². The van der Waals surface area contributed by atoms with E-state index in [9.17, 15) is 8.42 Å². The maximum Gasteiger partial charge on any atom is 0.261 e. The summed E-state index contributed by atoms with van der Waals surface area (Å²) in [5.74, 6) is -0.272. The van der Waals surface area contributed by atoms with Gasteiger partial charge in [-0.3, -0.25) is 10.1 Å². The molecule has 0 spiro atoms. The van der Waals surface area contributed by atoms with E-state index in [-0.39, 0.29) is 10.9 Å². The molecule has 1 aromatic heterocycles. The van der Waals surface area contributed by atoms with Crippen LogP contribution in [-0.4, -0.2) is 25.1 Å². The Balaban J connectivity index is 1.71. The van der Waals surface area contributed by atoms with Gasteiger partial charge in [0, 0.05) is 34.8 Å². The molecule has 0 radical (unpaired) electrons. The Morgan fingerprint density at radius 1 is 1.00 bits per heavy atom. The van der Waals surface area contributed by atoms with Gasteiger partial charge in [-0.1, -0.05) is 48.5 Å². The summed E-state index contributed by atoms with van der Waals surface area (Å²) in [4.78, 5) is 3.38. The number of nitrogens with two attached hydrogens (primary N) is 1. The Labute approximate surface area is 185 Å². The molecule has 0 bridgehead atoms. The van der Waals surface area contributed by atoms with Crippen molar-refractivity contribution in [2.24, 2.45) is 10.8 Å². The number of H-pyrrole nitrogens is 1. The molecule has 32 heavy (non-hydrogen) atoms. The van der Waals surface area contributed by atoms with Gasteiger partial charge in [-0.05, 0) is 35.9 Å². The van der Waals surface area contributed by atoms with Crippen LogP contribution in [0, 0.1) is 5.41 Å². The van der Waals surface area contributed by atoms with Crippen LogP contribution >= 0.6 is 0 Å². The summed E-state index contributed by atoms with van der Waals surface area (Å²) in [6, 6.07) is 23.3. The highest BCUT2D eigenvalue weighted by molar-refractivity contribution is 7.92. The summed E-state index contributed by atoms with van der Waals surface area (Å²) in [5, 5.41) is 12.6. The van der Waals surface area contributed by atoms with E-state index in [2.05, 4.69) is 20.2 Å². The topological polar surface area (TPSA) is 136 Å². The summed E-state index contributed by atoms with van der Waals surface area (Å²) in [5.41, 5.74) is 11.7. The predicted octanol–water partition coefficient (Wildman–Crippen LogP) is 3.40. The summed E-state index contributed by atoms with van der Waals surface area (Å²) in [6.07, 6.45) is 2.30. The summed E-state index contributed by atoms with van der Waals surface area (Å²) in [7, 11) is -3.72. The first-order valence-electron chi connectivity index (χ1n) is 9.82. The van der Waals surface area contributed by atoms with E-state index >= 15 is 0 Å². The van der Waals surface area contributed by atoms with Crippen molar-refractivity contribution >= 4 is 38.3 Å². The minimum atomic E-state index is -3.72. The molecule has 1 heterocycles. The Hall–Kier alpha value is -4.11. The van der Waals surface area contributed by atoms with Gasteiger partial charge in [0.15, 0.2) is 0 Å². The van der Waals surface area contributed by atoms with Crippen molar-refractivity contribution in [1.29, 1.82) is 5.41 Å². The molecule has 0 saturated carbocycles. The number of hydrogen-bond donors (Lipinski definition) is 5. The van der Waals surface area contributed by atoms with Gasteiger partial charge in [0.25, 0.3) is 10.0 Å². The van der Waals surface area contributed by atoms with Crippen LogP contribution in [0.5, 0.6) is 0 Å². The molecular formula is C23H22N6O2S. The Morgan fingerprint density at radius 3 is 2.38 bits per heavy atom. The average molecular weight is 447 g/mol. The third-order valence-electron chi connectivity index (χ3n) is 4.82. The molecule has 0 aliphatic carbocycles. The fourth-order valence-corrected chi connectivity index (χ4v) is 4.42. The molecule has 0 unspecified atom stereocenters. The Kier molecular flexibility index (Phi) is 5.91. The number of rotatable bonds is 7. The van der Waals surface area contributed by atoms with E-state index in [1.165, 1.54) is 0 Å². The van der Waals surface area contributed by atoms with Crippen molar-refractivity contribution < 1.29 is 8.42 Å².